The maximum Gasteiger partial charge on any atom is 0.320 e. The molecule has 2 aliphatic heterocycles. The van der Waals surface area contributed by atoms with Crippen molar-refractivity contribution in [2.75, 3.05) is 43.0 Å². The standard InChI is InChI=1S/C18H23N3O4S.ClH/c22-16(12-21-6-2-5-15(21)18(24)25)19-14-4-1-3-13(11-14)17(23)20-7-9-26-10-8-20;/h1,3-4,11,15H,2,5-10,12H2,(H,19,22)(H,24,25);1H/t15-;/m0./s1. The molecular weight excluding hydrogens is 390 g/mol. The number of carbonyl (C=O) groups excluding carboxylic acids is 2. The molecule has 0 aromatic heterocycles. The summed E-state index contributed by atoms with van der Waals surface area (Å²) in [6.07, 6.45) is 1.35. The van der Waals surface area contributed by atoms with Crippen LogP contribution in [-0.2, 0) is 9.59 Å². The second kappa shape index (κ2) is 9.96. The Hall–Kier alpha value is -1.77. The molecule has 1 aromatic carbocycles. The van der Waals surface area contributed by atoms with E-state index in [2.05, 4.69) is 5.32 Å². The highest BCUT2D eigenvalue weighted by molar-refractivity contribution is 7.99. The van der Waals surface area contributed by atoms with Crippen molar-refractivity contribution in [1.29, 1.82) is 0 Å². The molecule has 2 fully saturated rings. The van der Waals surface area contributed by atoms with Gasteiger partial charge in [0.1, 0.15) is 6.04 Å². The van der Waals surface area contributed by atoms with E-state index in [1.54, 1.807) is 29.2 Å². The Balaban J connectivity index is 0.00000261. The molecule has 2 amide bonds. The lowest BCUT2D eigenvalue weighted by atomic mass is 10.1. The third-order valence-corrected chi connectivity index (χ3v) is 5.63. The molecule has 0 saturated carbocycles. The first-order valence-corrected chi connectivity index (χ1v) is 9.94. The highest BCUT2D eigenvalue weighted by Gasteiger charge is 2.31. The van der Waals surface area contributed by atoms with Crippen molar-refractivity contribution in [2.24, 2.45) is 0 Å². The summed E-state index contributed by atoms with van der Waals surface area (Å²) < 4.78 is 0. The van der Waals surface area contributed by atoms with Crippen LogP contribution in [0, 0.1) is 0 Å². The average molecular weight is 414 g/mol. The van der Waals surface area contributed by atoms with E-state index in [9.17, 15) is 19.5 Å². The minimum atomic E-state index is -0.886. The minimum Gasteiger partial charge on any atom is -0.480 e. The maximum absolute atomic E-state index is 12.6. The number of amides is 2. The van der Waals surface area contributed by atoms with Gasteiger partial charge in [-0.25, -0.2) is 0 Å². The Bertz CT molecular complexity index is 697. The van der Waals surface area contributed by atoms with Crippen molar-refractivity contribution in [3.63, 3.8) is 0 Å². The molecule has 0 bridgehead atoms. The lowest BCUT2D eigenvalue weighted by Crippen LogP contribution is -2.41. The van der Waals surface area contributed by atoms with E-state index < -0.39 is 12.0 Å². The normalized spacial score (nSPS) is 20.0. The lowest BCUT2D eigenvalue weighted by molar-refractivity contribution is -0.142. The zero-order valence-electron chi connectivity index (χ0n) is 14.9. The van der Waals surface area contributed by atoms with Gasteiger partial charge in [0.15, 0.2) is 0 Å². The van der Waals surface area contributed by atoms with Crippen molar-refractivity contribution in [2.45, 2.75) is 18.9 Å². The summed E-state index contributed by atoms with van der Waals surface area (Å²) >= 11 is 1.84. The van der Waals surface area contributed by atoms with E-state index in [4.69, 9.17) is 0 Å². The highest BCUT2D eigenvalue weighted by Crippen LogP contribution is 2.18. The zero-order valence-corrected chi connectivity index (χ0v) is 16.6. The maximum atomic E-state index is 12.6. The van der Waals surface area contributed by atoms with Gasteiger partial charge in [-0.15, -0.1) is 12.4 Å². The lowest BCUT2D eigenvalue weighted by Gasteiger charge is -2.26. The van der Waals surface area contributed by atoms with Crippen LogP contribution in [0.4, 0.5) is 5.69 Å². The Morgan fingerprint density at radius 2 is 1.93 bits per heavy atom. The quantitative estimate of drug-likeness (QED) is 0.764. The van der Waals surface area contributed by atoms with Gasteiger partial charge in [-0.3, -0.25) is 19.3 Å². The smallest absolute Gasteiger partial charge is 0.320 e. The predicted octanol–water partition coefficient (Wildman–Crippen LogP) is 1.78. The van der Waals surface area contributed by atoms with Crippen molar-refractivity contribution in [1.82, 2.24) is 9.80 Å². The van der Waals surface area contributed by atoms with E-state index in [0.29, 0.717) is 24.2 Å². The van der Waals surface area contributed by atoms with Crippen LogP contribution < -0.4 is 5.32 Å². The molecule has 0 aliphatic carbocycles. The molecule has 27 heavy (non-hydrogen) atoms. The Morgan fingerprint density at radius 3 is 2.63 bits per heavy atom. The van der Waals surface area contributed by atoms with E-state index in [1.165, 1.54) is 0 Å². The Labute approximate surface area is 168 Å². The van der Waals surface area contributed by atoms with E-state index in [0.717, 1.165) is 31.0 Å². The molecule has 2 saturated heterocycles. The monoisotopic (exact) mass is 413 g/mol. The molecular formula is C18H24ClN3O4S. The van der Waals surface area contributed by atoms with Crippen molar-refractivity contribution < 1.29 is 19.5 Å². The fourth-order valence-corrected chi connectivity index (χ4v) is 4.26. The molecule has 3 rings (SSSR count). The summed E-state index contributed by atoms with van der Waals surface area (Å²) in [5.74, 6) is 0.720. The second-order valence-corrected chi connectivity index (χ2v) is 7.73. The number of halogens is 1. The third kappa shape index (κ3) is 5.60. The van der Waals surface area contributed by atoms with E-state index in [1.807, 2.05) is 16.7 Å². The van der Waals surface area contributed by atoms with Crippen molar-refractivity contribution in [3.05, 3.63) is 29.8 Å². The van der Waals surface area contributed by atoms with Crippen LogP contribution in [0.5, 0.6) is 0 Å². The van der Waals surface area contributed by atoms with Gasteiger partial charge in [0.05, 0.1) is 6.54 Å². The summed E-state index contributed by atoms with van der Waals surface area (Å²) in [6, 6.07) is 6.32. The number of nitrogens with one attached hydrogen (secondary N) is 1. The number of hydrogen-bond donors (Lipinski definition) is 2. The number of anilines is 1. The number of hydrogen-bond acceptors (Lipinski definition) is 5. The van der Waals surface area contributed by atoms with Gasteiger partial charge in [0.2, 0.25) is 5.91 Å². The van der Waals surface area contributed by atoms with Gasteiger partial charge in [-0.05, 0) is 37.6 Å². The molecule has 1 aromatic rings. The van der Waals surface area contributed by atoms with E-state index >= 15 is 0 Å². The molecule has 2 N–H and O–H groups in total. The number of aliphatic carboxylic acids is 1. The summed E-state index contributed by atoms with van der Waals surface area (Å²) in [7, 11) is 0. The topological polar surface area (TPSA) is 90.0 Å². The van der Waals surface area contributed by atoms with E-state index in [-0.39, 0.29) is 30.8 Å². The number of benzene rings is 1. The molecule has 9 heteroatoms. The zero-order chi connectivity index (χ0) is 18.5. The van der Waals surface area contributed by atoms with Crippen LogP contribution in [0.1, 0.15) is 23.2 Å². The number of carboxylic acid groups (broad SMARTS) is 1. The predicted molar refractivity (Wildman–Crippen MR) is 108 cm³/mol. The molecule has 148 valence electrons. The van der Waals surface area contributed by atoms with Crippen molar-refractivity contribution in [3.8, 4) is 0 Å². The van der Waals surface area contributed by atoms with Crippen LogP contribution >= 0.6 is 24.2 Å². The van der Waals surface area contributed by atoms with Gasteiger partial charge in [-0.2, -0.15) is 11.8 Å². The average Bonchev–Trinajstić information content (AvgIpc) is 3.10. The van der Waals surface area contributed by atoms with Crippen LogP contribution in [-0.4, -0.2) is 76.4 Å². The fourth-order valence-electron chi connectivity index (χ4n) is 3.36. The van der Waals surface area contributed by atoms with Gasteiger partial charge in [-0.1, -0.05) is 6.07 Å². The molecule has 0 unspecified atom stereocenters. The van der Waals surface area contributed by atoms with Crippen molar-refractivity contribution >= 4 is 47.6 Å². The minimum absolute atomic E-state index is 0. The molecule has 1 atom stereocenters. The number of carboxylic acids is 1. The van der Waals surface area contributed by atoms with Crippen LogP contribution in [0.15, 0.2) is 24.3 Å². The number of nitrogens with zero attached hydrogens (tertiary/aromatic N) is 2. The summed E-state index contributed by atoms with van der Waals surface area (Å²) in [6.45, 7) is 2.13. The van der Waals surface area contributed by atoms with Crippen LogP contribution in [0.3, 0.4) is 0 Å². The summed E-state index contributed by atoms with van der Waals surface area (Å²) in [5.41, 5.74) is 1.11. The number of rotatable bonds is 5. The summed E-state index contributed by atoms with van der Waals surface area (Å²) in [4.78, 5) is 39.6. The Morgan fingerprint density at radius 1 is 1.19 bits per heavy atom. The molecule has 7 nitrogen and oxygen atoms in total. The number of thioether (sulfide) groups is 1. The van der Waals surface area contributed by atoms with Gasteiger partial charge >= 0.3 is 5.97 Å². The first-order chi connectivity index (χ1) is 12.5. The first kappa shape index (κ1) is 21.5. The van der Waals surface area contributed by atoms with Crippen LogP contribution in [0.25, 0.3) is 0 Å². The summed E-state index contributed by atoms with van der Waals surface area (Å²) in [5, 5.41) is 12.0. The third-order valence-electron chi connectivity index (χ3n) is 4.69. The SMILES string of the molecule is Cl.O=C(CN1CCC[C@H]1C(=O)O)Nc1cccc(C(=O)N2CCSCC2)c1. The van der Waals surface area contributed by atoms with Gasteiger partial charge < -0.3 is 15.3 Å². The second-order valence-electron chi connectivity index (χ2n) is 6.50. The number of likely N-dealkylation sites (tertiary alicyclic amines) is 1. The molecule has 0 radical (unpaired) electrons. The fraction of sp³-hybridized carbons (Fsp3) is 0.500. The van der Waals surface area contributed by atoms with Crippen LogP contribution in [0.2, 0.25) is 0 Å². The molecule has 2 aliphatic rings. The molecule has 0 spiro atoms. The number of carbonyl (C=O) groups is 3. The molecule has 2 heterocycles. The first-order valence-electron chi connectivity index (χ1n) is 8.78. The highest BCUT2D eigenvalue weighted by atomic mass is 35.5. The Kier molecular flexibility index (Phi) is 7.94. The largest absolute Gasteiger partial charge is 0.480 e. The van der Waals surface area contributed by atoms with Gasteiger partial charge in [0, 0.05) is 35.8 Å². The van der Waals surface area contributed by atoms with Gasteiger partial charge in [0.25, 0.3) is 5.91 Å².